The number of hydrogen-bond acceptors (Lipinski definition) is 5. The summed E-state index contributed by atoms with van der Waals surface area (Å²) in [4.78, 5) is 25.6. The Morgan fingerprint density at radius 2 is 2.04 bits per heavy atom. The molecular formula is C18H19Cl2N5O. The van der Waals surface area contributed by atoms with Gasteiger partial charge in [0.05, 0.1) is 22.3 Å². The zero-order valence-corrected chi connectivity index (χ0v) is 15.8. The average Bonchev–Trinajstić information content (AvgIpc) is 2.63. The van der Waals surface area contributed by atoms with E-state index in [0.717, 1.165) is 31.2 Å². The van der Waals surface area contributed by atoms with Gasteiger partial charge in [-0.3, -0.25) is 9.69 Å². The number of carbonyl (C=O) groups is 1. The third kappa shape index (κ3) is 3.37. The predicted molar refractivity (Wildman–Crippen MR) is 103 cm³/mol. The van der Waals surface area contributed by atoms with E-state index in [-0.39, 0.29) is 5.91 Å². The van der Waals surface area contributed by atoms with Crippen molar-refractivity contribution < 1.29 is 4.79 Å². The summed E-state index contributed by atoms with van der Waals surface area (Å²) in [6.07, 6.45) is 2.91. The number of piperidine rings is 1. The second-order valence-electron chi connectivity index (χ2n) is 6.73. The molecule has 0 spiro atoms. The fraction of sp³-hybridized carbons (Fsp3) is 0.389. The SMILES string of the molecule is Cc1nccc(N2CC3CC(C2)N3CC(=O)Nc2cccc(Cl)c2Cl)n1. The Bertz CT molecular complexity index is 834. The lowest BCUT2D eigenvalue weighted by atomic mass is 9.87. The summed E-state index contributed by atoms with van der Waals surface area (Å²) in [5.74, 6) is 1.66. The van der Waals surface area contributed by atoms with Crippen LogP contribution in [-0.2, 0) is 4.79 Å². The lowest BCUT2D eigenvalue weighted by Crippen LogP contribution is -2.69. The molecule has 8 heteroatoms. The molecular weight excluding hydrogens is 373 g/mol. The molecule has 2 atom stereocenters. The van der Waals surface area contributed by atoms with E-state index >= 15 is 0 Å². The summed E-state index contributed by atoms with van der Waals surface area (Å²) in [5.41, 5.74) is 0.549. The molecule has 26 heavy (non-hydrogen) atoms. The molecule has 5 rings (SSSR count). The molecule has 1 amide bonds. The number of fused-ring (bicyclic) bond motifs is 2. The first-order chi connectivity index (χ1) is 12.5. The van der Waals surface area contributed by atoms with E-state index in [0.29, 0.717) is 34.4 Å². The van der Waals surface area contributed by atoms with Crippen LogP contribution >= 0.6 is 23.2 Å². The highest BCUT2D eigenvalue weighted by Gasteiger charge is 2.45. The molecule has 3 saturated heterocycles. The highest BCUT2D eigenvalue weighted by atomic mass is 35.5. The Kier molecular flexibility index (Phi) is 4.73. The van der Waals surface area contributed by atoms with Crippen LogP contribution in [0, 0.1) is 6.92 Å². The van der Waals surface area contributed by atoms with Crippen molar-refractivity contribution in [1.29, 1.82) is 0 Å². The number of amides is 1. The van der Waals surface area contributed by atoms with Crippen molar-refractivity contribution in [2.75, 3.05) is 29.9 Å². The second kappa shape index (κ2) is 7.02. The zero-order chi connectivity index (χ0) is 18.3. The summed E-state index contributed by atoms with van der Waals surface area (Å²) in [6, 6.07) is 7.89. The molecule has 1 N–H and O–H groups in total. The van der Waals surface area contributed by atoms with Crippen molar-refractivity contribution in [1.82, 2.24) is 14.9 Å². The van der Waals surface area contributed by atoms with Gasteiger partial charge in [0.15, 0.2) is 0 Å². The van der Waals surface area contributed by atoms with Gasteiger partial charge in [-0.1, -0.05) is 29.3 Å². The number of piperazine rings is 1. The molecule has 136 valence electrons. The van der Waals surface area contributed by atoms with Crippen molar-refractivity contribution in [3.8, 4) is 0 Å². The second-order valence-corrected chi connectivity index (χ2v) is 7.52. The van der Waals surface area contributed by atoms with Gasteiger partial charge in [-0.15, -0.1) is 0 Å². The number of benzene rings is 1. The van der Waals surface area contributed by atoms with E-state index in [1.807, 2.05) is 13.0 Å². The average molecular weight is 392 g/mol. The molecule has 1 aromatic carbocycles. The summed E-state index contributed by atoms with van der Waals surface area (Å²) in [7, 11) is 0. The molecule has 0 radical (unpaired) electrons. The van der Waals surface area contributed by atoms with Crippen molar-refractivity contribution in [3.63, 3.8) is 0 Å². The van der Waals surface area contributed by atoms with Crippen molar-refractivity contribution in [2.45, 2.75) is 25.4 Å². The largest absolute Gasteiger partial charge is 0.353 e. The quantitative estimate of drug-likeness (QED) is 0.867. The van der Waals surface area contributed by atoms with Crippen LogP contribution in [0.5, 0.6) is 0 Å². The molecule has 2 bridgehead atoms. The van der Waals surface area contributed by atoms with E-state index in [4.69, 9.17) is 23.2 Å². The third-order valence-corrected chi connectivity index (χ3v) is 5.80. The van der Waals surface area contributed by atoms with Crippen LogP contribution in [0.3, 0.4) is 0 Å². The Hall–Kier alpha value is -1.89. The van der Waals surface area contributed by atoms with Crippen LogP contribution in [0.25, 0.3) is 0 Å². The highest BCUT2D eigenvalue weighted by molar-refractivity contribution is 6.44. The maximum atomic E-state index is 12.4. The lowest BCUT2D eigenvalue weighted by Gasteiger charge is -2.56. The Labute approximate surface area is 162 Å². The normalized spacial score (nSPS) is 22.0. The van der Waals surface area contributed by atoms with Crippen LogP contribution < -0.4 is 10.2 Å². The van der Waals surface area contributed by atoms with Gasteiger partial charge < -0.3 is 10.2 Å². The highest BCUT2D eigenvalue weighted by Crippen LogP contribution is 2.34. The molecule has 0 aliphatic carbocycles. The molecule has 0 saturated carbocycles. The number of anilines is 2. The summed E-state index contributed by atoms with van der Waals surface area (Å²) >= 11 is 12.1. The number of carbonyl (C=O) groups excluding carboxylic acids is 1. The minimum Gasteiger partial charge on any atom is -0.353 e. The summed E-state index contributed by atoms with van der Waals surface area (Å²) in [5, 5.41) is 3.66. The van der Waals surface area contributed by atoms with Crippen LogP contribution in [0.2, 0.25) is 10.0 Å². The van der Waals surface area contributed by atoms with Crippen molar-refractivity contribution in [3.05, 3.63) is 46.3 Å². The summed E-state index contributed by atoms with van der Waals surface area (Å²) < 4.78 is 0. The van der Waals surface area contributed by atoms with Gasteiger partial charge in [0.2, 0.25) is 5.91 Å². The van der Waals surface area contributed by atoms with Gasteiger partial charge in [0.25, 0.3) is 0 Å². The Morgan fingerprint density at radius 3 is 2.77 bits per heavy atom. The minimum atomic E-state index is -0.0739. The van der Waals surface area contributed by atoms with Gasteiger partial charge in [-0.05, 0) is 31.5 Å². The van der Waals surface area contributed by atoms with Crippen LogP contribution in [0.1, 0.15) is 12.2 Å². The van der Waals surface area contributed by atoms with Crippen LogP contribution in [0.4, 0.5) is 11.5 Å². The van der Waals surface area contributed by atoms with Gasteiger partial charge in [0.1, 0.15) is 11.6 Å². The summed E-state index contributed by atoms with van der Waals surface area (Å²) in [6.45, 7) is 4.00. The topological polar surface area (TPSA) is 61.4 Å². The molecule has 3 aliphatic rings. The number of aryl methyl sites for hydroxylation is 1. The fourth-order valence-electron chi connectivity index (χ4n) is 3.71. The van der Waals surface area contributed by atoms with E-state index in [1.54, 1.807) is 24.4 Å². The van der Waals surface area contributed by atoms with Crippen molar-refractivity contribution >= 4 is 40.6 Å². The molecule has 3 fully saturated rings. The number of halogens is 2. The first kappa shape index (κ1) is 17.5. The number of rotatable bonds is 4. The van der Waals surface area contributed by atoms with E-state index in [9.17, 15) is 4.79 Å². The molecule has 1 aromatic heterocycles. The third-order valence-electron chi connectivity index (χ3n) is 4.98. The minimum absolute atomic E-state index is 0.0739. The molecule has 3 aliphatic heterocycles. The van der Waals surface area contributed by atoms with Crippen LogP contribution in [-0.4, -0.2) is 52.5 Å². The molecule has 4 heterocycles. The Balaban J connectivity index is 1.36. The number of hydrogen-bond donors (Lipinski definition) is 1. The fourth-order valence-corrected chi connectivity index (χ4v) is 4.06. The van der Waals surface area contributed by atoms with Crippen LogP contribution in [0.15, 0.2) is 30.5 Å². The standard InChI is InChI=1S/C18H19Cl2N5O/c1-11-21-6-5-16(22-11)24-8-12-7-13(9-24)25(12)10-17(26)23-15-4-2-3-14(19)18(15)20/h2-6,12-13H,7-10H2,1H3,(H,23,26). The van der Waals surface area contributed by atoms with Crippen molar-refractivity contribution in [2.24, 2.45) is 0 Å². The predicted octanol–water partition coefficient (Wildman–Crippen LogP) is 2.99. The zero-order valence-electron chi connectivity index (χ0n) is 14.3. The molecule has 2 unspecified atom stereocenters. The Morgan fingerprint density at radius 1 is 1.27 bits per heavy atom. The molecule has 2 aromatic rings. The number of nitrogens with zero attached hydrogens (tertiary/aromatic N) is 4. The number of nitrogens with one attached hydrogen (secondary N) is 1. The van der Waals surface area contributed by atoms with E-state index in [2.05, 4.69) is 25.1 Å². The first-order valence-corrected chi connectivity index (χ1v) is 9.31. The van der Waals surface area contributed by atoms with Gasteiger partial charge in [-0.2, -0.15) is 0 Å². The smallest absolute Gasteiger partial charge is 0.238 e. The van der Waals surface area contributed by atoms with Gasteiger partial charge in [-0.25, -0.2) is 9.97 Å². The maximum absolute atomic E-state index is 12.4. The van der Waals surface area contributed by atoms with E-state index in [1.165, 1.54) is 0 Å². The lowest BCUT2D eigenvalue weighted by molar-refractivity contribution is -0.121. The van der Waals surface area contributed by atoms with Gasteiger partial charge >= 0.3 is 0 Å². The van der Waals surface area contributed by atoms with Gasteiger partial charge in [0, 0.05) is 31.4 Å². The first-order valence-electron chi connectivity index (χ1n) is 8.55. The monoisotopic (exact) mass is 391 g/mol. The maximum Gasteiger partial charge on any atom is 0.238 e. The van der Waals surface area contributed by atoms with E-state index < -0.39 is 0 Å². The molecule has 6 nitrogen and oxygen atoms in total. The number of aromatic nitrogens is 2.